The molecule has 3 heteroatoms. The normalized spacial score (nSPS) is 9.18. The summed E-state index contributed by atoms with van der Waals surface area (Å²) >= 11 is 0. The molecule has 0 saturated carbocycles. The number of nitrogens with zero attached hydrogens (tertiary/aromatic N) is 2. The molecule has 0 atom stereocenters. The zero-order chi connectivity index (χ0) is 8.43. The van der Waals surface area contributed by atoms with Crippen LogP contribution in [0.25, 0.3) is 4.98 Å². The summed E-state index contributed by atoms with van der Waals surface area (Å²) in [5.41, 5.74) is 1.65. The van der Waals surface area contributed by atoms with Crippen LogP contribution in [0.2, 0.25) is 0 Å². The van der Waals surface area contributed by atoms with E-state index in [0.29, 0.717) is 16.8 Å². The van der Waals surface area contributed by atoms with E-state index in [9.17, 15) is 5.11 Å². The van der Waals surface area contributed by atoms with Gasteiger partial charge in [-0.2, -0.15) is 0 Å². The quantitative estimate of drug-likeness (QED) is 0.527. The molecule has 0 radical (unpaired) electrons. The predicted octanol–water partition coefficient (Wildman–Crippen LogP) is 1.86. The standard InChI is InChI=1S/C8H8N2O/c1-5-3-7(10-9)4-6(2)8(5)11/h3-4H,1-2H3. The van der Waals surface area contributed by atoms with Crippen molar-refractivity contribution in [2.75, 3.05) is 0 Å². The number of hydrogen-bond donors (Lipinski definition) is 0. The first-order valence-corrected chi connectivity index (χ1v) is 3.28. The van der Waals surface area contributed by atoms with E-state index in [1.807, 2.05) is 0 Å². The Labute approximate surface area is 64.9 Å². The molecular weight excluding hydrogens is 140 g/mol. The highest BCUT2D eigenvalue weighted by Gasteiger charge is 2.05. The van der Waals surface area contributed by atoms with Crippen LogP contribution in [0.5, 0.6) is 5.75 Å². The number of rotatable bonds is 0. The van der Waals surface area contributed by atoms with E-state index in [4.69, 9.17) is 5.39 Å². The summed E-state index contributed by atoms with van der Waals surface area (Å²) in [6.45, 7) is 3.40. The van der Waals surface area contributed by atoms with Gasteiger partial charge in [0.1, 0.15) is 0 Å². The van der Waals surface area contributed by atoms with E-state index in [2.05, 4.69) is 4.98 Å². The van der Waals surface area contributed by atoms with Crippen molar-refractivity contribution in [2.45, 2.75) is 13.8 Å². The zero-order valence-corrected chi connectivity index (χ0v) is 6.46. The van der Waals surface area contributed by atoms with Crippen LogP contribution in [0, 0.1) is 19.2 Å². The Morgan fingerprint density at radius 3 is 2.09 bits per heavy atom. The van der Waals surface area contributed by atoms with E-state index >= 15 is 0 Å². The molecule has 0 fully saturated rings. The third kappa shape index (κ3) is 1.30. The van der Waals surface area contributed by atoms with Crippen LogP contribution in [0.4, 0.5) is 5.69 Å². The first kappa shape index (κ1) is 7.55. The Morgan fingerprint density at radius 2 is 1.73 bits per heavy atom. The molecule has 1 rings (SSSR count). The fourth-order valence-electron chi connectivity index (χ4n) is 0.985. The number of aryl methyl sites for hydroxylation is 2. The van der Waals surface area contributed by atoms with Gasteiger partial charge in [0, 0.05) is 12.1 Å². The lowest BCUT2D eigenvalue weighted by Gasteiger charge is -2.10. The topological polar surface area (TPSA) is 51.2 Å². The van der Waals surface area contributed by atoms with Gasteiger partial charge in [-0.3, -0.25) is 0 Å². The van der Waals surface area contributed by atoms with Gasteiger partial charge >= 0.3 is 5.69 Å². The van der Waals surface area contributed by atoms with E-state index < -0.39 is 0 Å². The van der Waals surface area contributed by atoms with Gasteiger partial charge in [-0.1, -0.05) is 11.1 Å². The second kappa shape index (κ2) is 2.59. The van der Waals surface area contributed by atoms with Crippen molar-refractivity contribution >= 4 is 5.69 Å². The summed E-state index contributed by atoms with van der Waals surface area (Å²) in [5, 5.41) is 19.5. The molecule has 0 aliphatic rings. The maximum Gasteiger partial charge on any atom is 0.385 e. The highest BCUT2D eigenvalue weighted by atomic mass is 16.3. The van der Waals surface area contributed by atoms with Gasteiger partial charge in [0.2, 0.25) is 5.39 Å². The lowest BCUT2D eigenvalue weighted by molar-refractivity contribution is -0.270. The summed E-state index contributed by atoms with van der Waals surface area (Å²) in [6.07, 6.45) is 0. The summed E-state index contributed by atoms with van der Waals surface area (Å²) < 4.78 is 0. The van der Waals surface area contributed by atoms with Gasteiger partial charge in [0.15, 0.2) is 4.98 Å². The van der Waals surface area contributed by atoms with Crippen LogP contribution in [-0.4, -0.2) is 0 Å². The van der Waals surface area contributed by atoms with E-state index in [-0.39, 0.29) is 5.75 Å². The van der Waals surface area contributed by atoms with Gasteiger partial charge in [0.25, 0.3) is 0 Å². The van der Waals surface area contributed by atoms with Crippen molar-refractivity contribution in [1.82, 2.24) is 0 Å². The average Bonchev–Trinajstić information content (AvgIpc) is 1.99. The SMILES string of the molecule is Cc1cc([N+]#N)cc(C)c1[O-]. The summed E-state index contributed by atoms with van der Waals surface area (Å²) in [7, 11) is 0. The first-order chi connectivity index (χ1) is 5.15. The molecule has 1 aromatic rings. The van der Waals surface area contributed by atoms with Gasteiger partial charge in [-0.25, -0.2) is 0 Å². The van der Waals surface area contributed by atoms with Crippen LogP contribution in [-0.2, 0) is 0 Å². The zero-order valence-electron chi connectivity index (χ0n) is 6.46. The number of benzene rings is 1. The Hall–Kier alpha value is -1.56. The molecule has 11 heavy (non-hydrogen) atoms. The average molecular weight is 148 g/mol. The van der Waals surface area contributed by atoms with Crippen LogP contribution in [0.15, 0.2) is 12.1 Å². The Kier molecular flexibility index (Phi) is 1.77. The lowest BCUT2D eigenvalue weighted by atomic mass is 10.1. The van der Waals surface area contributed by atoms with Crippen LogP contribution < -0.4 is 5.11 Å². The van der Waals surface area contributed by atoms with E-state index in [1.54, 1.807) is 26.0 Å². The molecule has 0 bridgehead atoms. The minimum absolute atomic E-state index is 0.0115. The first-order valence-electron chi connectivity index (χ1n) is 3.28. The van der Waals surface area contributed by atoms with Gasteiger partial charge < -0.3 is 5.11 Å². The molecule has 1 aromatic carbocycles. The molecule has 0 unspecified atom stereocenters. The fourth-order valence-corrected chi connectivity index (χ4v) is 0.985. The molecule has 56 valence electrons. The molecule has 0 heterocycles. The van der Waals surface area contributed by atoms with Gasteiger partial charge in [0.05, 0.1) is 0 Å². The van der Waals surface area contributed by atoms with Crippen molar-refractivity contribution in [3.05, 3.63) is 28.2 Å². The highest BCUT2D eigenvalue weighted by molar-refractivity contribution is 5.54. The Balaban J connectivity index is 3.35. The second-order valence-electron chi connectivity index (χ2n) is 2.51. The molecule has 0 aliphatic carbocycles. The third-order valence-electron chi connectivity index (χ3n) is 1.56. The molecule has 0 N–H and O–H groups in total. The van der Waals surface area contributed by atoms with Gasteiger partial charge in [-0.15, -0.1) is 5.75 Å². The van der Waals surface area contributed by atoms with Crippen molar-refractivity contribution in [3.63, 3.8) is 0 Å². The van der Waals surface area contributed by atoms with Crippen molar-refractivity contribution in [3.8, 4) is 5.75 Å². The summed E-state index contributed by atoms with van der Waals surface area (Å²) in [5.74, 6) is 0.0115. The molecule has 0 aliphatic heterocycles. The van der Waals surface area contributed by atoms with Crippen LogP contribution in [0.3, 0.4) is 0 Å². The molecule has 0 aromatic heterocycles. The van der Waals surface area contributed by atoms with Crippen LogP contribution in [0.1, 0.15) is 11.1 Å². The maximum absolute atomic E-state index is 11.1. The van der Waals surface area contributed by atoms with Crippen LogP contribution >= 0.6 is 0 Å². The number of diazo groups is 1. The predicted molar refractivity (Wildman–Crippen MR) is 40.1 cm³/mol. The molecule has 0 spiro atoms. The second-order valence-corrected chi connectivity index (χ2v) is 2.51. The minimum atomic E-state index is 0.0115. The highest BCUT2D eigenvalue weighted by Crippen LogP contribution is 2.24. The van der Waals surface area contributed by atoms with Crippen molar-refractivity contribution in [2.24, 2.45) is 0 Å². The van der Waals surface area contributed by atoms with E-state index in [1.165, 1.54) is 0 Å². The Morgan fingerprint density at radius 1 is 1.27 bits per heavy atom. The number of hydrogen-bond acceptors (Lipinski definition) is 2. The maximum atomic E-state index is 11.1. The monoisotopic (exact) mass is 148 g/mol. The molecule has 0 saturated heterocycles. The summed E-state index contributed by atoms with van der Waals surface area (Å²) in [6, 6.07) is 3.10. The van der Waals surface area contributed by atoms with E-state index in [0.717, 1.165) is 0 Å². The van der Waals surface area contributed by atoms with Crippen molar-refractivity contribution < 1.29 is 5.11 Å². The summed E-state index contributed by atoms with van der Waals surface area (Å²) in [4.78, 5) is 2.99. The molecule has 3 nitrogen and oxygen atoms in total. The fraction of sp³-hybridized carbons (Fsp3) is 0.250. The van der Waals surface area contributed by atoms with Crippen molar-refractivity contribution in [1.29, 1.82) is 5.39 Å². The smallest absolute Gasteiger partial charge is 0.385 e. The third-order valence-corrected chi connectivity index (χ3v) is 1.56. The molecular formula is C8H8N2O. The minimum Gasteiger partial charge on any atom is -0.872 e. The largest absolute Gasteiger partial charge is 0.872 e. The van der Waals surface area contributed by atoms with Gasteiger partial charge in [-0.05, 0) is 13.8 Å². The lowest BCUT2D eigenvalue weighted by Crippen LogP contribution is -1.95. The molecule has 0 amide bonds. The Bertz CT molecular complexity index is 302.